The molecule has 1 amide bonds. The van der Waals surface area contributed by atoms with Gasteiger partial charge in [0.25, 0.3) is 5.91 Å². The number of aromatic nitrogens is 2. The number of imidazole rings is 1. The molecule has 7 nitrogen and oxygen atoms in total. The molecule has 0 atom stereocenters. The molecule has 1 saturated carbocycles. The van der Waals surface area contributed by atoms with Gasteiger partial charge < -0.3 is 10.3 Å². The number of rotatable bonds is 6. The van der Waals surface area contributed by atoms with Gasteiger partial charge in [0.15, 0.2) is 5.82 Å². The van der Waals surface area contributed by atoms with Crippen LogP contribution in [0.4, 0.5) is 15.8 Å². The van der Waals surface area contributed by atoms with Crippen molar-refractivity contribution in [1.82, 2.24) is 15.4 Å². The lowest BCUT2D eigenvalue weighted by Gasteiger charge is -2.15. The average molecular weight is 379 g/mol. The van der Waals surface area contributed by atoms with E-state index in [2.05, 4.69) is 26.8 Å². The number of aryl methyl sites for hydroxylation is 1. The third-order valence-electron chi connectivity index (χ3n) is 4.69. The summed E-state index contributed by atoms with van der Waals surface area (Å²) in [5.74, 6) is -0.717. The predicted molar refractivity (Wildman–Crippen MR) is 101 cm³/mol. The molecule has 8 heteroatoms. The van der Waals surface area contributed by atoms with Gasteiger partial charge in [-0.05, 0) is 55.5 Å². The van der Waals surface area contributed by atoms with Gasteiger partial charge in [0.05, 0.1) is 41.3 Å². The molecule has 1 heterocycles. The van der Waals surface area contributed by atoms with Gasteiger partial charge >= 0.3 is 0 Å². The van der Waals surface area contributed by atoms with E-state index in [4.69, 9.17) is 10.1 Å². The summed E-state index contributed by atoms with van der Waals surface area (Å²) < 4.78 is 15.1. The van der Waals surface area contributed by atoms with E-state index < -0.39 is 11.7 Å². The highest BCUT2D eigenvalue weighted by atomic mass is 19.1. The highest BCUT2D eigenvalue weighted by molar-refractivity contribution is 6.04. The zero-order valence-electron chi connectivity index (χ0n) is 15.2. The molecule has 0 spiro atoms. The molecule has 3 N–H and O–H groups in total. The summed E-state index contributed by atoms with van der Waals surface area (Å²) >= 11 is 0. The third-order valence-corrected chi connectivity index (χ3v) is 4.69. The molecule has 0 saturated heterocycles. The van der Waals surface area contributed by atoms with Crippen molar-refractivity contribution >= 4 is 28.3 Å². The molecule has 1 aliphatic carbocycles. The number of nitrogens with zero attached hydrogens (tertiary/aromatic N) is 2. The van der Waals surface area contributed by atoms with Crippen LogP contribution in [-0.2, 0) is 4.84 Å². The van der Waals surface area contributed by atoms with Crippen LogP contribution in [0.25, 0.3) is 11.0 Å². The maximum absolute atomic E-state index is 15.1. The number of benzene rings is 2. The monoisotopic (exact) mass is 379 g/mol. The minimum Gasteiger partial charge on any atom is -0.352 e. The molecule has 142 valence electrons. The maximum atomic E-state index is 15.1. The van der Waals surface area contributed by atoms with E-state index in [1.165, 1.54) is 12.4 Å². The second kappa shape index (κ2) is 7.29. The van der Waals surface area contributed by atoms with Gasteiger partial charge in [-0.25, -0.2) is 14.9 Å². The molecule has 3 aromatic rings. The standard InChI is InChI=1S/C20H18FN5O2/c1-11-6-13(8-22)4-5-15(11)25-18-14(20(27)26-28-9-12-2-3-12)7-16-19(17(18)21)24-10-23-16/h4-7,10,12,25H,2-3,9H2,1H3,(H,23,24)(H,26,27). The summed E-state index contributed by atoms with van der Waals surface area (Å²) in [7, 11) is 0. The Morgan fingerprint density at radius 3 is 2.96 bits per heavy atom. The Morgan fingerprint density at radius 1 is 1.43 bits per heavy atom. The number of hydrogen-bond acceptors (Lipinski definition) is 5. The molecule has 1 aromatic heterocycles. The topological polar surface area (TPSA) is 103 Å². The summed E-state index contributed by atoms with van der Waals surface area (Å²) in [4.78, 5) is 24.7. The smallest absolute Gasteiger partial charge is 0.277 e. The van der Waals surface area contributed by atoms with Crippen molar-refractivity contribution in [2.45, 2.75) is 19.8 Å². The van der Waals surface area contributed by atoms with E-state index in [1.54, 1.807) is 25.1 Å². The van der Waals surface area contributed by atoms with Gasteiger partial charge in [-0.1, -0.05) is 0 Å². The summed E-state index contributed by atoms with van der Waals surface area (Å²) in [6.07, 6.45) is 3.56. The SMILES string of the molecule is Cc1cc(C#N)ccc1Nc1c(C(=O)NOCC2CC2)cc2[nH]cnc2c1F. The van der Waals surface area contributed by atoms with Crippen molar-refractivity contribution in [2.24, 2.45) is 5.92 Å². The Morgan fingerprint density at radius 2 is 2.25 bits per heavy atom. The van der Waals surface area contributed by atoms with Crippen LogP contribution < -0.4 is 10.8 Å². The molecule has 1 aliphatic rings. The van der Waals surface area contributed by atoms with Crippen LogP contribution in [0.2, 0.25) is 0 Å². The fraction of sp³-hybridized carbons (Fsp3) is 0.250. The fourth-order valence-corrected chi connectivity index (χ4v) is 2.92. The van der Waals surface area contributed by atoms with Gasteiger partial charge in [-0.15, -0.1) is 0 Å². The number of hydrogen-bond donors (Lipinski definition) is 3. The molecule has 28 heavy (non-hydrogen) atoms. The molecule has 0 radical (unpaired) electrons. The molecule has 2 aromatic carbocycles. The first-order valence-corrected chi connectivity index (χ1v) is 8.92. The van der Waals surface area contributed by atoms with Crippen LogP contribution >= 0.6 is 0 Å². The van der Waals surface area contributed by atoms with E-state index in [9.17, 15) is 4.79 Å². The molecule has 4 rings (SSSR count). The molecule has 0 unspecified atom stereocenters. The molecule has 1 fully saturated rings. The lowest BCUT2D eigenvalue weighted by Crippen LogP contribution is -2.26. The number of nitrogens with one attached hydrogen (secondary N) is 3. The number of nitriles is 1. The number of H-pyrrole nitrogens is 1. The third kappa shape index (κ3) is 3.52. The lowest BCUT2D eigenvalue weighted by atomic mass is 10.1. The number of fused-ring (bicyclic) bond motifs is 1. The van der Waals surface area contributed by atoms with E-state index in [0.717, 1.165) is 18.4 Å². The molecular formula is C20H18FN5O2. The Hall–Kier alpha value is -3.44. The van der Waals surface area contributed by atoms with E-state index in [-0.39, 0.29) is 16.8 Å². The highest BCUT2D eigenvalue weighted by Gasteiger charge is 2.24. The summed E-state index contributed by atoms with van der Waals surface area (Å²) in [5, 5.41) is 12.0. The second-order valence-corrected chi connectivity index (χ2v) is 6.86. The van der Waals surface area contributed by atoms with Crippen molar-refractivity contribution in [2.75, 3.05) is 11.9 Å². The summed E-state index contributed by atoms with van der Waals surface area (Å²) in [5.41, 5.74) is 4.85. The first kappa shape index (κ1) is 17.9. The van der Waals surface area contributed by atoms with Crippen molar-refractivity contribution in [3.8, 4) is 6.07 Å². The Kier molecular flexibility index (Phi) is 4.67. The van der Waals surface area contributed by atoms with Crippen LogP contribution in [-0.4, -0.2) is 22.5 Å². The zero-order valence-corrected chi connectivity index (χ0v) is 15.2. The second-order valence-electron chi connectivity index (χ2n) is 6.86. The number of aromatic amines is 1. The summed E-state index contributed by atoms with van der Waals surface area (Å²) in [6, 6.07) is 8.58. The number of halogens is 1. The lowest BCUT2D eigenvalue weighted by molar-refractivity contribution is 0.0271. The molecular weight excluding hydrogens is 361 g/mol. The first-order chi connectivity index (χ1) is 13.6. The van der Waals surface area contributed by atoms with Gasteiger partial charge in [-0.2, -0.15) is 5.26 Å². The van der Waals surface area contributed by atoms with Crippen LogP contribution in [0.15, 0.2) is 30.6 Å². The maximum Gasteiger partial charge on any atom is 0.277 e. The summed E-state index contributed by atoms with van der Waals surface area (Å²) in [6.45, 7) is 2.24. The number of anilines is 2. The molecule has 0 aliphatic heterocycles. The van der Waals surface area contributed by atoms with Crippen molar-refractivity contribution in [1.29, 1.82) is 5.26 Å². The minimum absolute atomic E-state index is 0.0000652. The number of amides is 1. The fourth-order valence-electron chi connectivity index (χ4n) is 2.92. The number of carbonyl (C=O) groups is 1. The van der Waals surface area contributed by atoms with E-state index >= 15 is 4.39 Å². The quantitative estimate of drug-likeness (QED) is 0.567. The predicted octanol–water partition coefficient (Wildman–Crippen LogP) is 3.70. The van der Waals surface area contributed by atoms with Gasteiger partial charge in [0.2, 0.25) is 0 Å². The Balaban J connectivity index is 1.69. The van der Waals surface area contributed by atoms with Crippen LogP contribution in [0.5, 0.6) is 0 Å². The van der Waals surface area contributed by atoms with Crippen LogP contribution in [0.3, 0.4) is 0 Å². The van der Waals surface area contributed by atoms with Crippen molar-refractivity contribution in [3.63, 3.8) is 0 Å². The van der Waals surface area contributed by atoms with Crippen molar-refractivity contribution < 1.29 is 14.0 Å². The molecule has 0 bridgehead atoms. The van der Waals surface area contributed by atoms with E-state index in [1.807, 2.05) is 0 Å². The van der Waals surface area contributed by atoms with Crippen LogP contribution in [0.1, 0.15) is 34.3 Å². The highest BCUT2D eigenvalue weighted by Crippen LogP contribution is 2.32. The van der Waals surface area contributed by atoms with Gasteiger partial charge in [-0.3, -0.25) is 9.63 Å². The first-order valence-electron chi connectivity index (χ1n) is 8.92. The van der Waals surface area contributed by atoms with Gasteiger partial charge in [0, 0.05) is 5.69 Å². The van der Waals surface area contributed by atoms with Gasteiger partial charge in [0.1, 0.15) is 5.52 Å². The normalized spacial score (nSPS) is 13.3. The van der Waals surface area contributed by atoms with E-state index in [0.29, 0.717) is 29.3 Å². The Labute approximate surface area is 160 Å². The minimum atomic E-state index is -0.644. The van der Waals surface area contributed by atoms with Crippen LogP contribution in [0, 0.1) is 30.0 Å². The largest absolute Gasteiger partial charge is 0.352 e. The van der Waals surface area contributed by atoms with Crippen molar-refractivity contribution in [3.05, 3.63) is 53.1 Å². The zero-order chi connectivity index (χ0) is 19.7. The Bertz CT molecular complexity index is 1100. The number of carbonyl (C=O) groups excluding carboxylic acids is 1. The average Bonchev–Trinajstić information content (AvgIpc) is 3.39. The number of hydroxylamine groups is 1.